The first kappa shape index (κ1) is 13.6. The predicted molar refractivity (Wildman–Crippen MR) is 84.1 cm³/mol. The normalized spacial score (nSPS) is 20.7. The van der Waals surface area contributed by atoms with Crippen LogP contribution in [0.2, 0.25) is 0 Å². The third-order valence-corrected chi connectivity index (χ3v) is 4.01. The number of ketones is 1. The van der Waals surface area contributed by atoms with Gasteiger partial charge in [-0.1, -0.05) is 42.5 Å². The van der Waals surface area contributed by atoms with Crippen LogP contribution in [0.1, 0.15) is 36.3 Å². The van der Waals surface area contributed by atoms with E-state index in [4.69, 9.17) is 0 Å². The first-order valence-electron chi connectivity index (χ1n) is 7.33. The van der Waals surface area contributed by atoms with Gasteiger partial charge in [-0.05, 0) is 54.2 Å². The van der Waals surface area contributed by atoms with Crippen molar-refractivity contribution in [2.24, 2.45) is 0 Å². The summed E-state index contributed by atoms with van der Waals surface area (Å²) in [6.07, 6.45) is 4.75. The van der Waals surface area contributed by atoms with Crippen LogP contribution < -0.4 is 0 Å². The minimum absolute atomic E-state index is 0.0108. The molecule has 0 aromatic heterocycles. The number of allylic oxidation sites excluding steroid dienone is 1. The van der Waals surface area contributed by atoms with Gasteiger partial charge >= 0.3 is 0 Å². The van der Waals surface area contributed by atoms with Crippen molar-refractivity contribution in [3.63, 3.8) is 0 Å². The van der Waals surface area contributed by atoms with E-state index in [0.717, 1.165) is 36.0 Å². The molecule has 1 aliphatic carbocycles. The number of hydrogen-bond donors (Lipinski definition) is 1. The highest BCUT2D eigenvalue weighted by Crippen LogP contribution is 2.33. The molecule has 0 radical (unpaired) electrons. The van der Waals surface area contributed by atoms with Crippen LogP contribution in [-0.2, 0) is 4.79 Å². The highest BCUT2D eigenvalue weighted by Gasteiger charge is 2.27. The highest BCUT2D eigenvalue weighted by atomic mass is 16.3. The second-order valence-electron chi connectivity index (χ2n) is 5.48. The summed E-state index contributed by atoms with van der Waals surface area (Å²) in [5.41, 5.74) is 2.96. The molecule has 2 aromatic rings. The lowest BCUT2D eigenvalue weighted by molar-refractivity contribution is -0.117. The Labute approximate surface area is 124 Å². The molecule has 1 fully saturated rings. The van der Waals surface area contributed by atoms with Gasteiger partial charge in [0.25, 0.3) is 0 Å². The largest absolute Gasteiger partial charge is 0.508 e. The smallest absolute Gasteiger partial charge is 0.166 e. The van der Waals surface area contributed by atoms with Crippen LogP contribution in [0.15, 0.2) is 60.2 Å². The maximum atomic E-state index is 12.7. The number of Topliss-reactive ketones (excluding diaryl/α,β-unsaturated/α-hetero) is 1. The minimum Gasteiger partial charge on any atom is -0.508 e. The van der Waals surface area contributed by atoms with E-state index in [0.29, 0.717) is 0 Å². The average molecular weight is 278 g/mol. The fourth-order valence-corrected chi connectivity index (χ4v) is 2.89. The Morgan fingerprint density at radius 1 is 1.00 bits per heavy atom. The molecule has 0 unspecified atom stereocenters. The van der Waals surface area contributed by atoms with E-state index in [1.807, 2.05) is 48.5 Å². The molecule has 0 aliphatic heterocycles. The van der Waals surface area contributed by atoms with Gasteiger partial charge in [0, 0.05) is 5.92 Å². The first-order chi connectivity index (χ1) is 10.2. The molecule has 1 aliphatic rings. The number of hydrogen-bond acceptors (Lipinski definition) is 2. The predicted octanol–water partition coefficient (Wildman–Crippen LogP) is 4.31. The van der Waals surface area contributed by atoms with Crippen molar-refractivity contribution in [2.45, 2.75) is 25.2 Å². The molecule has 0 amide bonds. The third kappa shape index (κ3) is 3.05. The van der Waals surface area contributed by atoms with Crippen molar-refractivity contribution in [2.75, 3.05) is 0 Å². The number of carbonyl (C=O) groups is 1. The van der Waals surface area contributed by atoms with Crippen LogP contribution in [0.4, 0.5) is 0 Å². The third-order valence-electron chi connectivity index (χ3n) is 4.01. The fourth-order valence-electron chi connectivity index (χ4n) is 2.89. The van der Waals surface area contributed by atoms with Gasteiger partial charge in [-0.2, -0.15) is 0 Å². The number of phenols is 1. The van der Waals surface area contributed by atoms with E-state index in [-0.39, 0.29) is 17.5 Å². The quantitative estimate of drug-likeness (QED) is 0.831. The molecule has 106 valence electrons. The molecular weight excluding hydrogens is 260 g/mol. The SMILES string of the molecule is O=C1/C(=C/c2ccc(O)cc2)CCC[C@@H]1c1ccccc1. The maximum Gasteiger partial charge on any atom is 0.166 e. The second kappa shape index (κ2) is 5.96. The van der Waals surface area contributed by atoms with Crippen LogP contribution in [0.5, 0.6) is 5.75 Å². The van der Waals surface area contributed by atoms with E-state index in [9.17, 15) is 9.90 Å². The zero-order valence-corrected chi connectivity index (χ0v) is 11.8. The van der Waals surface area contributed by atoms with E-state index in [2.05, 4.69) is 0 Å². The zero-order chi connectivity index (χ0) is 14.7. The van der Waals surface area contributed by atoms with Crippen LogP contribution in [0, 0.1) is 0 Å². The monoisotopic (exact) mass is 278 g/mol. The first-order valence-corrected chi connectivity index (χ1v) is 7.33. The molecule has 1 saturated carbocycles. The van der Waals surface area contributed by atoms with Gasteiger partial charge in [0.05, 0.1) is 0 Å². The summed E-state index contributed by atoms with van der Waals surface area (Å²) < 4.78 is 0. The van der Waals surface area contributed by atoms with Crippen molar-refractivity contribution in [1.29, 1.82) is 0 Å². The minimum atomic E-state index is -0.0108. The summed E-state index contributed by atoms with van der Waals surface area (Å²) in [6.45, 7) is 0. The Morgan fingerprint density at radius 3 is 2.43 bits per heavy atom. The summed E-state index contributed by atoms with van der Waals surface area (Å²) in [4.78, 5) is 12.7. The molecule has 2 nitrogen and oxygen atoms in total. The van der Waals surface area contributed by atoms with Crippen LogP contribution in [-0.4, -0.2) is 10.9 Å². The lowest BCUT2D eigenvalue weighted by Crippen LogP contribution is -2.19. The lowest BCUT2D eigenvalue weighted by atomic mass is 9.79. The highest BCUT2D eigenvalue weighted by molar-refractivity contribution is 6.04. The van der Waals surface area contributed by atoms with Crippen molar-refractivity contribution in [1.82, 2.24) is 0 Å². The van der Waals surface area contributed by atoms with Crippen molar-refractivity contribution in [3.8, 4) is 5.75 Å². The Morgan fingerprint density at radius 2 is 1.71 bits per heavy atom. The standard InChI is InChI=1S/C19H18O2/c20-17-11-9-14(10-12-17)13-16-7-4-8-18(19(16)21)15-5-2-1-3-6-15/h1-3,5-6,9-13,18,20H,4,7-8H2/b16-13+/t18-/m1/s1. The van der Waals surface area contributed by atoms with Crippen LogP contribution in [0.3, 0.4) is 0 Å². The molecule has 21 heavy (non-hydrogen) atoms. The van der Waals surface area contributed by atoms with Gasteiger partial charge in [-0.25, -0.2) is 0 Å². The molecule has 0 heterocycles. The van der Waals surface area contributed by atoms with Crippen LogP contribution >= 0.6 is 0 Å². The molecule has 2 heteroatoms. The van der Waals surface area contributed by atoms with Crippen molar-refractivity contribution >= 4 is 11.9 Å². The Hall–Kier alpha value is -2.35. The topological polar surface area (TPSA) is 37.3 Å². The Bertz CT molecular complexity index is 654. The van der Waals surface area contributed by atoms with Gasteiger partial charge in [-0.3, -0.25) is 4.79 Å². The molecule has 0 spiro atoms. The number of phenolic OH excluding ortho intramolecular Hbond substituents is 1. The van der Waals surface area contributed by atoms with Gasteiger partial charge in [-0.15, -0.1) is 0 Å². The summed E-state index contributed by atoms with van der Waals surface area (Å²) in [5, 5.41) is 9.32. The molecule has 1 atom stereocenters. The molecular formula is C19H18O2. The van der Waals surface area contributed by atoms with Crippen molar-refractivity contribution < 1.29 is 9.90 Å². The van der Waals surface area contributed by atoms with Crippen LogP contribution in [0.25, 0.3) is 6.08 Å². The zero-order valence-electron chi connectivity index (χ0n) is 11.8. The number of carbonyl (C=O) groups excluding carboxylic acids is 1. The van der Waals surface area contributed by atoms with Gasteiger partial charge in [0.15, 0.2) is 5.78 Å². The summed E-state index contributed by atoms with van der Waals surface area (Å²) in [7, 11) is 0. The maximum absolute atomic E-state index is 12.7. The van der Waals surface area contributed by atoms with E-state index in [1.165, 1.54) is 0 Å². The molecule has 3 rings (SSSR count). The van der Waals surface area contributed by atoms with E-state index >= 15 is 0 Å². The second-order valence-corrected chi connectivity index (χ2v) is 5.48. The Kier molecular flexibility index (Phi) is 3.87. The van der Waals surface area contributed by atoms with Gasteiger partial charge < -0.3 is 5.11 Å². The number of rotatable bonds is 2. The number of aromatic hydroxyl groups is 1. The number of benzene rings is 2. The van der Waals surface area contributed by atoms with E-state index < -0.39 is 0 Å². The summed E-state index contributed by atoms with van der Waals surface area (Å²) in [5.74, 6) is 0.470. The summed E-state index contributed by atoms with van der Waals surface area (Å²) >= 11 is 0. The average Bonchev–Trinajstić information content (AvgIpc) is 2.52. The van der Waals surface area contributed by atoms with Crippen molar-refractivity contribution in [3.05, 3.63) is 71.3 Å². The lowest BCUT2D eigenvalue weighted by Gasteiger charge is -2.23. The molecule has 1 N–H and O–H groups in total. The van der Waals surface area contributed by atoms with Gasteiger partial charge in [0.2, 0.25) is 0 Å². The molecule has 0 saturated heterocycles. The van der Waals surface area contributed by atoms with Gasteiger partial charge in [0.1, 0.15) is 5.75 Å². The molecule has 0 bridgehead atoms. The van der Waals surface area contributed by atoms with E-state index in [1.54, 1.807) is 12.1 Å². The summed E-state index contributed by atoms with van der Waals surface area (Å²) in [6, 6.07) is 17.0. The Balaban J connectivity index is 1.87. The molecule has 2 aromatic carbocycles. The fraction of sp³-hybridized carbons (Fsp3) is 0.211.